The normalized spacial score (nSPS) is 10.5. The van der Waals surface area contributed by atoms with Crippen LogP contribution in [0.4, 0.5) is 5.69 Å². The van der Waals surface area contributed by atoms with Crippen LogP contribution in [0.15, 0.2) is 48.5 Å². The Balaban J connectivity index is 1.86. The molecule has 0 atom stereocenters. The van der Waals surface area contributed by atoms with Crippen LogP contribution in [0.3, 0.4) is 0 Å². The third-order valence-electron chi connectivity index (χ3n) is 4.41. The third kappa shape index (κ3) is 7.75. The van der Waals surface area contributed by atoms with Gasteiger partial charge in [0.1, 0.15) is 0 Å². The van der Waals surface area contributed by atoms with E-state index in [9.17, 15) is 9.59 Å². The molecule has 0 saturated carbocycles. The summed E-state index contributed by atoms with van der Waals surface area (Å²) in [7, 11) is 6.60. The second-order valence-electron chi connectivity index (χ2n) is 6.88. The van der Waals surface area contributed by atoms with Crippen molar-refractivity contribution < 1.29 is 19.1 Å². The van der Waals surface area contributed by atoms with Crippen LogP contribution in [0.2, 0.25) is 0 Å². The number of nitrogens with one attached hydrogen (secondary N) is 2. The van der Waals surface area contributed by atoms with Gasteiger partial charge in [-0.15, -0.1) is 0 Å². The summed E-state index contributed by atoms with van der Waals surface area (Å²) in [5, 5.41) is 5.77. The van der Waals surface area contributed by atoms with Gasteiger partial charge in [-0.25, -0.2) is 0 Å². The van der Waals surface area contributed by atoms with E-state index in [0.717, 1.165) is 16.8 Å². The fraction of sp³-hybridized carbons (Fsp3) is 0.261. The molecule has 0 bridgehead atoms. The molecule has 2 N–H and O–H groups in total. The van der Waals surface area contributed by atoms with Crippen molar-refractivity contribution in [3.05, 3.63) is 59.7 Å². The molecule has 164 valence electrons. The lowest BCUT2D eigenvalue weighted by Crippen LogP contribution is -2.32. The standard InChI is InChI=1S/C23H27N3O4S/c1-26(2)22(28)14-9-16-5-10-18(11-6-16)24-23(31)25-21(27)13-8-17-7-12-19(29-3)20(15-17)30-4/h5-8,10-13,15H,9,14H2,1-4H3,(H2,24,25,27,31)/b13-8+. The van der Waals surface area contributed by atoms with E-state index in [1.54, 1.807) is 51.4 Å². The number of thiocarbonyl (C=S) groups is 1. The molecule has 2 aromatic carbocycles. The van der Waals surface area contributed by atoms with Crippen molar-refractivity contribution in [2.45, 2.75) is 12.8 Å². The van der Waals surface area contributed by atoms with Crippen LogP contribution in [0, 0.1) is 0 Å². The average molecular weight is 442 g/mol. The predicted molar refractivity (Wildman–Crippen MR) is 126 cm³/mol. The summed E-state index contributed by atoms with van der Waals surface area (Å²) in [5.41, 5.74) is 2.58. The van der Waals surface area contributed by atoms with Crippen molar-refractivity contribution in [1.29, 1.82) is 0 Å². The Hall–Kier alpha value is -3.39. The van der Waals surface area contributed by atoms with Crippen molar-refractivity contribution >= 4 is 40.9 Å². The lowest BCUT2D eigenvalue weighted by atomic mass is 10.1. The Morgan fingerprint density at radius 2 is 1.71 bits per heavy atom. The zero-order valence-electron chi connectivity index (χ0n) is 18.1. The number of anilines is 1. The number of carbonyl (C=O) groups excluding carboxylic acids is 2. The highest BCUT2D eigenvalue weighted by Crippen LogP contribution is 2.27. The maximum absolute atomic E-state index is 12.1. The Morgan fingerprint density at radius 1 is 1.03 bits per heavy atom. The third-order valence-corrected chi connectivity index (χ3v) is 4.61. The Labute approximate surface area is 188 Å². The van der Waals surface area contributed by atoms with E-state index in [-0.39, 0.29) is 16.9 Å². The van der Waals surface area contributed by atoms with Gasteiger partial charge in [-0.05, 0) is 60.1 Å². The van der Waals surface area contributed by atoms with Crippen LogP contribution in [-0.4, -0.2) is 50.1 Å². The number of hydrogen-bond donors (Lipinski definition) is 2. The number of carbonyl (C=O) groups is 2. The Kier molecular flexibility index (Phi) is 9.02. The predicted octanol–water partition coefficient (Wildman–Crippen LogP) is 3.25. The zero-order chi connectivity index (χ0) is 22.8. The summed E-state index contributed by atoms with van der Waals surface area (Å²) in [6.07, 6.45) is 4.17. The zero-order valence-corrected chi connectivity index (χ0v) is 18.9. The monoisotopic (exact) mass is 441 g/mol. The molecule has 7 nitrogen and oxygen atoms in total. The van der Waals surface area contributed by atoms with E-state index in [1.807, 2.05) is 30.3 Å². The lowest BCUT2D eigenvalue weighted by Gasteiger charge is -2.11. The van der Waals surface area contributed by atoms with E-state index in [0.29, 0.717) is 24.3 Å². The SMILES string of the molecule is COc1ccc(/C=C/C(=O)NC(=S)Nc2ccc(CCC(=O)N(C)C)cc2)cc1OC. The number of amides is 2. The number of methoxy groups -OCH3 is 2. The number of benzene rings is 2. The van der Waals surface area contributed by atoms with Gasteiger partial charge in [0.25, 0.3) is 0 Å². The van der Waals surface area contributed by atoms with E-state index in [4.69, 9.17) is 21.7 Å². The number of aryl methyl sites for hydroxylation is 1. The number of hydrogen-bond acceptors (Lipinski definition) is 5. The second kappa shape index (κ2) is 11.7. The molecule has 0 aliphatic carbocycles. The van der Waals surface area contributed by atoms with Gasteiger partial charge in [-0.1, -0.05) is 18.2 Å². The summed E-state index contributed by atoms with van der Waals surface area (Å²) in [4.78, 5) is 25.4. The molecule has 0 heterocycles. The van der Waals surface area contributed by atoms with Crippen LogP contribution in [0.5, 0.6) is 11.5 Å². The first-order valence-corrected chi connectivity index (χ1v) is 10.0. The van der Waals surface area contributed by atoms with Gasteiger partial charge in [0, 0.05) is 32.3 Å². The highest BCUT2D eigenvalue weighted by atomic mass is 32.1. The molecule has 0 fully saturated rings. The minimum Gasteiger partial charge on any atom is -0.493 e. The fourth-order valence-corrected chi connectivity index (χ4v) is 2.89. The maximum atomic E-state index is 12.1. The largest absolute Gasteiger partial charge is 0.493 e. The summed E-state index contributed by atoms with van der Waals surface area (Å²) in [5.74, 6) is 0.930. The van der Waals surface area contributed by atoms with Crippen LogP contribution < -0.4 is 20.1 Å². The lowest BCUT2D eigenvalue weighted by molar-refractivity contribution is -0.128. The summed E-state index contributed by atoms with van der Waals surface area (Å²) in [6, 6.07) is 12.9. The van der Waals surface area contributed by atoms with Gasteiger partial charge in [0.2, 0.25) is 11.8 Å². The molecule has 0 radical (unpaired) electrons. The molecule has 0 spiro atoms. The smallest absolute Gasteiger partial charge is 0.250 e. The van der Waals surface area contributed by atoms with Crippen LogP contribution >= 0.6 is 12.2 Å². The number of rotatable bonds is 8. The molecule has 2 aromatic rings. The van der Waals surface area contributed by atoms with Gasteiger partial charge < -0.3 is 19.7 Å². The van der Waals surface area contributed by atoms with Gasteiger partial charge in [0.05, 0.1) is 14.2 Å². The number of ether oxygens (including phenoxy) is 2. The van der Waals surface area contributed by atoms with Crippen LogP contribution in [-0.2, 0) is 16.0 Å². The van der Waals surface area contributed by atoms with Gasteiger partial charge in [0.15, 0.2) is 16.6 Å². The van der Waals surface area contributed by atoms with E-state index in [2.05, 4.69) is 10.6 Å². The molecule has 2 amide bonds. The van der Waals surface area contributed by atoms with Crippen molar-refractivity contribution in [2.24, 2.45) is 0 Å². The summed E-state index contributed by atoms with van der Waals surface area (Å²) < 4.78 is 10.4. The van der Waals surface area contributed by atoms with Crippen molar-refractivity contribution in [3.8, 4) is 11.5 Å². The molecule has 0 unspecified atom stereocenters. The topological polar surface area (TPSA) is 79.9 Å². The van der Waals surface area contributed by atoms with E-state index < -0.39 is 0 Å². The number of nitrogens with zero attached hydrogens (tertiary/aromatic N) is 1. The quantitative estimate of drug-likeness (QED) is 0.484. The second-order valence-corrected chi connectivity index (χ2v) is 7.28. The first kappa shape index (κ1) is 23.9. The highest BCUT2D eigenvalue weighted by Gasteiger charge is 2.06. The molecular formula is C23H27N3O4S. The molecule has 0 saturated heterocycles. The minimum absolute atomic E-state index is 0.0900. The van der Waals surface area contributed by atoms with Crippen molar-refractivity contribution in [2.75, 3.05) is 33.6 Å². The fourth-order valence-electron chi connectivity index (χ4n) is 2.67. The first-order valence-electron chi connectivity index (χ1n) is 9.63. The van der Waals surface area contributed by atoms with Gasteiger partial charge in [-0.2, -0.15) is 0 Å². The minimum atomic E-state index is -0.355. The highest BCUT2D eigenvalue weighted by molar-refractivity contribution is 7.80. The van der Waals surface area contributed by atoms with E-state index in [1.165, 1.54) is 6.08 Å². The van der Waals surface area contributed by atoms with Crippen molar-refractivity contribution in [3.63, 3.8) is 0 Å². The molecule has 0 aromatic heterocycles. The van der Waals surface area contributed by atoms with E-state index >= 15 is 0 Å². The molecule has 0 aliphatic heterocycles. The van der Waals surface area contributed by atoms with Crippen molar-refractivity contribution in [1.82, 2.24) is 10.2 Å². The maximum Gasteiger partial charge on any atom is 0.250 e. The molecule has 2 rings (SSSR count). The molecular weight excluding hydrogens is 414 g/mol. The molecule has 8 heteroatoms. The Bertz CT molecular complexity index is 956. The molecule has 31 heavy (non-hydrogen) atoms. The summed E-state index contributed by atoms with van der Waals surface area (Å²) in [6.45, 7) is 0. The Morgan fingerprint density at radius 3 is 2.32 bits per heavy atom. The van der Waals surface area contributed by atoms with Crippen LogP contribution in [0.1, 0.15) is 17.5 Å². The molecule has 0 aliphatic rings. The van der Waals surface area contributed by atoms with Gasteiger partial charge in [-0.3, -0.25) is 14.9 Å². The van der Waals surface area contributed by atoms with Crippen LogP contribution in [0.25, 0.3) is 6.08 Å². The first-order chi connectivity index (χ1) is 14.8. The average Bonchev–Trinajstić information content (AvgIpc) is 2.76. The summed E-state index contributed by atoms with van der Waals surface area (Å²) >= 11 is 5.20. The van der Waals surface area contributed by atoms with Gasteiger partial charge >= 0.3 is 0 Å².